The van der Waals surface area contributed by atoms with Gasteiger partial charge in [0.25, 0.3) is 5.56 Å². The quantitative estimate of drug-likeness (QED) is 0.599. The molecule has 2 aromatic heterocycles. The van der Waals surface area contributed by atoms with Gasteiger partial charge in [0.1, 0.15) is 5.82 Å². The van der Waals surface area contributed by atoms with Gasteiger partial charge in [0.2, 0.25) is 0 Å². The van der Waals surface area contributed by atoms with Crippen molar-refractivity contribution in [2.45, 2.75) is 37.1 Å². The van der Waals surface area contributed by atoms with Crippen LogP contribution < -0.4 is 16.2 Å². The molecule has 178 valence electrons. The van der Waals surface area contributed by atoms with Gasteiger partial charge in [-0.1, -0.05) is 23.7 Å². The Labute approximate surface area is 204 Å². The lowest BCUT2D eigenvalue weighted by molar-refractivity contribution is 0.122. The zero-order valence-corrected chi connectivity index (χ0v) is 20.0. The Morgan fingerprint density at radius 1 is 1.09 bits per heavy atom. The summed E-state index contributed by atoms with van der Waals surface area (Å²) in [4.78, 5) is 19.6. The predicted octanol–water partition coefficient (Wildman–Crippen LogP) is 3.81. The number of benzene rings is 1. The highest BCUT2D eigenvalue weighted by atomic mass is 35.5. The van der Waals surface area contributed by atoms with E-state index in [0.717, 1.165) is 74.1 Å². The lowest BCUT2D eigenvalue weighted by atomic mass is 9.68. The number of morpholine rings is 1. The van der Waals surface area contributed by atoms with Gasteiger partial charge in [-0.25, -0.2) is 9.67 Å². The van der Waals surface area contributed by atoms with E-state index in [2.05, 4.69) is 16.0 Å². The summed E-state index contributed by atoms with van der Waals surface area (Å²) in [5.74, 6) is 0.937. The first kappa shape index (κ1) is 23.0. The second kappa shape index (κ2) is 9.86. The molecule has 2 aliphatic rings. The Balaban J connectivity index is 1.34. The van der Waals surface area contributed by atoms with Crippen molar-refractivity contribution in [3.8, 4) is 11.3 Å². The van der Waals surface area contributed by atoms with Gasteiger partial charge in [-0.2, -0.15) is 5.10 Å². The lowest BCUT2D eigenvalue weighted by Crippen LogP contribution is -2.41. The molecule has 2 N–H and O–H groups in total. The lowest BCUT2D eigenvalue weighted by Gasteiger charge is -2.40. The Morgan fingerprint density at radius 3 is 2.56 bits per heavy atom. The minimum atomic E-state index is -0.109. The van der Waals surface area contributed by atoms with Crippen molar-refractivity contribution in [3.63, 3.8) is 0 Å². The molecule has 3 aromatic rings. The van der Waals surface area contributed by atoms with Crippen molar-refractivity contribution in [2.75, 3.05) is 37.7 Å². The molecule has 1 aliphatic carbocycles. The number of nitrogens with two attached hydrogens (primary N) is 1. The summed E-state index contributed by atoms with van der Waals surface area (Å²) in [5, 5.41) is 5.48. The van der Waals surface area contributed by atoms with E-state index in [9.17, 15) is 4.79 Å². The number of rotatable bonds is 5. The van der Waals surface area contributed by atoms with Crippen LogP contribution in [0.5, 0.6) is 0 Å². The van der Waals surface area contributed by atoms with E-state index < -0.39 is 0 Å². The van der Waals surface area contributed by atoms with E-state index in [0.29, 0.717) is 6.54 Å². The summed E-state index contributed by atoms with van der Waals surface area (Å²) in [6.45, 7) is 3.69. The number of nitrogens with zero attached hydrogens (tertiary/aromatic N) is 4. The van der Waals surface area contributed by atoms with Crippen LogP contribution in [0, 0.1) is 0 Å². The number of pyridine rings is 1. The van der Waals surface area contributed by atoms with Gasteiger partial charge in [-0.15, -0.1) is 0 Å². The molecule has 8 heteroatoms. The minimum Gasteiger partial charge on any atom is -0.378 e. The zero-order chi connectivity index (χ0) is 23.5. The first-order valence-electron chi connectivity index (χ1n) is 11.9. The van der Waals surface area contributed by atoms with E-state index in [1.54, 1.807) is 16.8 Å². The van der Waals surface area contributed by atoms with E-state index in [-0.39, 0.29) is 17.0 Å². The first-order chi connectivity index (χ1) is 16.6. The van der Waals surface area contributed by atoms with Crippen LogP contribution in [0.25, 0.3) is 11.3 Å². The second-order valence-corrected chi connectivity index (χ2v) is 9.67. The third-order valence-corrected chi connectivity index (χ3v) is 7.52. The maximum atomic E-state index is 12.7. The van der Waals surface area contributed by atoms with Gasteiger partial charge in [0.15, 0.2) is 0 Å². The number of hydrogen-bond donors (Lipinski definition) is 1. The molecule has 3 heterocycles. The zero-order valence-electron chi connectivity index (χ0n) is 19.2. The van der Waals surface area contributed by atoms with Crippen molar-refractivity contribution in [1.82, 2.24) is 14.8 Å². The van der Waals surface area contributed by atoms with Crippen molar-refractivity contribution in [1.29, 1.82) is 0 Å². The van der Waals surface area contributed by atoms with Crippen LogP contribution in [0.2, 0.25) is 5.02 Å². The first-order valence-corrected chi connectivity index (χ1v) is 12.3. The third kappa shape index (κ3) is 4.60. The molecule has 0 amide bonds. The summed E-state index contributed by atoms with van der Waals surface area (Å²) < 4.78 is 7.08. The summed E-state index contributed by atoms with van der Waals surface area (Å²) >= 11 is 6.25. The van der Waals surface area contributed by atoms with Gasteiger partial charge in [0.05, 0.1) is 24.9 Å². The molecule has 0 bridgehead atoms. The fourth-order valence-electron chi connectivity index (χ4n) is 5.19. The van der Waals surface area contributed by atoms with E-state index in [4.69, 9.17) is 27.2 Å². The Hall–Kier alpha value is -2.74. The van der Waals surface area contributed by atoms with Crippen molar-refractivity contribution < 1.29 is 4.74 Å². The molecule has 0 radical (unpaired) electrons. The molecule has 1 saturated heterocycles. The number of halogens is 1. The summed E-state index contributed by atoms with van der Waals surface area (Å²) in [6.07, 6.45) is 5.30. The van der Waals surface area contributed by atoms with E-state index in [1.807, 2.05) is 36.5 Å². The SMILES string of the molecule is NCC1(c2cccc(Cl)c2)CCC(n2nc(-c3ccc(N4CCOCC4)nc3)ccc2=O)CC1. The van der Waals surface area contributed by atoms with E-state index in [1.165, 1.54) is 5.56 Å². The topological polar surface area (TPSA) is 86.3 Å². The number of ether oxygens (including phenoxy) is 1. The Bertz CT molecular complexity index is 1180. The van der Waals surface area contributed by atoms with Gasteiger partial charge >= 0.3 is 0 Å². The summed E-state index contributed by atoms with van der Waals surface area (Å²) in [6, 6.07) is 15.5. The fraction of sp³-hybridized carbons (Fsp3) is 0.423. The number of aromatic nitrogens is 3. The molecule has 2 fully saturated rings. The molecular formula is C26H30ClN5O2. The van der Waals surface area contributed by atoms with Crippen LogP contribution in [-0.2, 0) is 10.2 Å². The van der Waals surface area contributed by atoms with Crippen molar-refractivity contribution in [3.05, 3.63) is 75.7 Å². The van der Waals surface area contributed by atoms with Crippen molar-refractivity contribution >= 4 is 17.4 Å². The largest absolute Gasteiger partial charge is 0.378 e. The third-order valence-electron chi connectivity index (χ3n) is 7.29. The average Bonchev–Trinajstić information content (AvgIpc) is 2.90. The molecule has 0 spiro atoms. The molecule has 0 unspecified atom stereocenters. The average molecular weight is 480 g/mol. The second-order valence-electron chi connectivity index (χ2n) is 9.23. The normalized spacial score (nSPS) is 23.1. The highest BCUT2D eigenvalue weighted by Gasteiger charge is 2.37. The van der Waals surface area contributed by atoms with Crippen LogP contribution in [-0.4, -0.2) is 47.6 Å². The summed E-state index contributed by atoms with van der Waals surface area (Å²) in [5.41, 5.74) is 8.91. The fourth-order valence-corrected chi connectivity index (χ4v) is 5.38. The van der Waals surface area contributed by atoms with Gasteiger partial charge in [-0.05, 0) is 61.6 Å². The van der Waals surface area contributed by atoms with Crippen molar-refractivity contribution in [2.24, 2.45) is 5.73 Å². The molecule has 5 rings (SSSR count). The maximum absolute atomic E-state index is 12.7. The number of hydrogen-bond acceptors (Lipinski definition) is 6. The molecule has 7 nitrogen and oxygen atoms in total. The molecule has 1 aromatic carbocycles. The van der Waals surface area contributed by atoms with Gasteiger partial charge < -0.3 is 15.4 Å². The predicted molar refractivity (Wildman–Crippen MR) is 134 cm³/mol. The number of anilines is 1. The Kier molecular flexibility index (Phi) is 6.68. The van der Waals surface area contributed by atoms with Crippen LogP contribution in [0.3, 0.4) is 0 Å². The molecule has 0 atom stereocenters. The monoisotopic (exact) mass is 479 g/mol. The van der Waals surface area contributed by atoms with Crippen LogP contribution in [0.1, 0.15) is 37.3 Å². The van der Waals surface area contributed by atoms with Crippen LogP contribution >= 0.6 is 11.6 Å². The molecular weight excluding hydrogens is 450 g/mol. The molecule has 34 heavy (non-hydrogen) atoms. The molecule has 1 saturated carbocycles. The van der Waals surface area contributed by atoms with Gasteiger partial charge in [0, 0.05) is 47.9 Å². The smallest absolute Gasteiger partial charge is 0.267 e. The highest BCUT2D eigenvalue weighted by Crippen LogP contribution is 2.42. The van der Waals surface area contributed by atoms with Crippen LogP contribution in [0.4, 0.5) is 5.82 Å². The van der Waals surface area contributed by atoms with E-state index >= 15 is 0 Å². The molecule has 1 aliphatic heterocycles. The van der Waals surface area contributed by atoms with Crippen LogP contribution in [0.15, 0.2) is 59.5 Å². The maximum Gasteiger partial charge on any atom is 0.267 e. The highest BCUT2D eigenvalue weighted by molar-refractivity contribution is 6.30. The minimum absolute atomic E-state index is 0.0480. The standard InChI is InChI=1S/C26H30ClN5O2/c27-21-3-1-2-20(16-21)26(18-28)10-8-22(9-11-26)32-25(33)7-5-23(30-32)19-4-6-24(29-17-19)31-12-14-34-15-13-31/h1-7,16-17,22H,8-15,18,28H2. The Morgan fingerprint density at radius 2 is 1.88 bits per heavy atom. The summed E-state index contributed by atoms with van der Waals surface area (Å²) in [7, 11) is 0. The van der Waals surface area contributed by atoms with Gasteiger partial charge in [-0.3, -0.25) is 4.79 Å².